The topological polar surface area (TPSA) is 35.6 Å². The smallest absolute Gasteiger partial charge is 0.234 e. The van der Waals surface area contributed by atoms with Gasteiger partial charge in [0, 0.05) is 38.3 Å². The number of nitrogens with zero attached hydrogens (tertiary/aromatic N) is 2. The van der Waals surface area contributed by atoms with Crippen LogP contribution in [-0.2, 0) is 4.79 Å². The molecule has 1 N–H and O–H groups in total. The van der Waals surface area contributed by atoms with Gasteiger partial charge in [-0.2, -0.15) is 0 Å². The fourth-order valence-corrected chi connectivity index (χ4v) is 3.45. The Labute approximate surface area is 116 Å². The molecule has 1 saturated heterocycles. The van der Waals surface area contributed by atoms with Crippen molar-refractivity contribution >= 4 is 5.91 Å². The number of hydrogen-bond donors (Lipinski definition) is 1. The Balaban J connectivity index is 1.35. The number of nitrogens with one attached hydrogen (secondary N) is 1. The van der Waals surface area contributed by atoms with E-state index in [1.807, 2.05) is 0 Å². The van der Waals surface area contributed by atoms with Gasteiger partial charge in [0.15, 0.2) is 0 Å². The van der Waals surface area contributed by atoms with Gasteiger partial charge in [0.2, 0.25) is 5.91 Å². The maximum atomic E-state index is 12.0. The highest BCUT2D eigenvalue weighted by Gasteiger charge is 2.31. The average molecular weight is 265 g/mol. The van der Waals surface area contributed by atoms with E-state index in [0.29, 0.717) is 12.6 Å². The average Bonchev–Trinajstić information content (AvgIpc) is 3.25. The molecule has 3 fully saturated rings. The maximum absolute atomic E-state index is 12.0. The lowest BCUT2D eigenvalue weighted by molar-refractivity contribution is -0.123. The summed E-state index contributed by atoms with van der Waals surface area (Å²) < 4.78 is 0. The van der Waals surface area contributed by atoms with Gasteiger partial charge < -0.3 is 5.32 Å². The quantitative estimate of drug-likeness (QED) is 0.830. The second kappa shape index (κ2) is 6.23. The van der Waals surface area contributed by atoms with Gasteiger partial charge in [-0.05, 0) is 25.7 Å². The van der Waals surface area contributed by atoms with E-state index in [1.54, 1.807) is 0 Å². The summed E-state index contributed by atoms with van der Waals surface area (Å²) in [7, 11) is 0. The lowest BCUT2D eigenvalue weighted by Crippen LogP contribution is -2.51. The summed E-state index contributed by atoms with van der Waals surface area (Å²) in [5.41, 5.74) is 0. The van der Waals surface area contributed by atoms with Crippen molar-refractivity contribution in [2.75, 3.05) is 32.7 Å². The van der Waals surface area contributed by atoms with Gasteiger partial charge in [-0.15, -0.1) is 0 Å². The van der Waals surface area contributed by atoms with Crippen molar-refractivity contribution in [3.63, 3.8) is 0 Å². The molecule has 0 aromatic rings. The lowest BCUT2D eigenvalue weighted by Gasteiger charge is -2.34. The molecule has 0 atom stereocenters. The molecule has 19 heavy (non-hydrogen) atoms. The van der Waals surface area contributed by atoms with Crippen molar-refractivity contribution in [1.29, 1.82) is 0 Å². The van der Waals surface area contributed by atoms with Gasteiger partial charge in [0.25, 0.3) is 0 Å². The summed E-state index contributed by atoms with van der Waals surface area (Å²) in [6.07, 6.45) is 9.05. The molecule has 0 spiro atoms. The fraction of sp³-hybridized carbons (Fsp3) is 0.933. The minimum atomic E-state index is 0.242. The summed E-state index contributed by atoms with van der Waals surface area (Å²) in [4.78, 5) is 17.0. The molecular weight excluding hydrogens is 238 g/mol. The monoisotopic (exact) mass is 265 g/mol. The summed E-state index contributed by atoms with van der Waals surface area (Å²) in [6, 6.07) is 1.33. The van der Waals surface area contributed by atoms with Gasteiger partial charge in [-0.3, -0.25) is 14.6 Å². The molecule has 3 rings (SSSR count). The Kier molecular flexibility index (Phi) is 4.38. The van der Waals surface area contributed by atoms with E-state index in [0.717, 1.165) is 32.2 Å². The zero-order chi connectivity index (χ0) is 13.1. The molecule has 0 aromatic carbocycles. The number of carbonyl (C=O) groups excluding carboxylic acids is 1. The van der Waals surface area contributed by atoms with Gasteiger partial charge in [0.05, 0.1) is 6.54 Å². The SMILES string of the molecule is O=C(CN1CCN(C2CC2)CC1)NC1CCCCC1. The molecule has 4 heteroatoms. The second-order valence-electron chi connectivity index (χ2n) is 6.45. The van der Waals surface area contributed by atoms with Crippen molar-refractivity contribution < 1.29 is 4.79 Å². The Morgan fingerprint density at radius 1 is 0.947 bits per heavy atom. The van der Waals surface area contributed by atoms with E-state index in [4.69, 9.17) is 0 Å². The van der Waals surface area contributed by atoms with Crippen LogP contribution in [-0.4, -0.2) is 60.5 Å². The minimum Gasteiger partial charge on any atom is -0.352 e. The van der Waals surface area contributed by atoms with Gasteiger partial charge in [-0.1, -0.05) is 19.3 Å². The number of amides is 1. The first-order valence-electron chi connectivity index (χ1n) is 8.07. The summed E-state index contributed by atoms with van der Waals surface area (Å²) >= 11 is 0. The molecule has 0 aromatic heterocycles. The Bertz CT molecular complexity index is 303. The molecular formula is C15H27N3O. The van der Waals surface area contributed by atoms with Crippen LogP contribution in [0.4, 0.5) is 0 Å². The Hall–Kier alpha value is -0.610. The molecule has 2 aliphatic carbocycles. The third-order valence-corrected chi connectivity index (χ3v) is 4.81. The van der Waals surface area contributed by atoms with Crippen LogP contribution in [0.2, 0.25) is 0 Å². The molecule has 0 bridgehead atoms. The number of hydrogen-bond acceptors (Lipinski definition) is 3. The first-order valence-corrected chi connectivity index (χ1v) is 8.07. The van der Waals surface area contributed by atoms with Crippen LogP contribution in [0.5, 0.6) is 0 Å². The predicted molar refractivity (Wildman–Crippen MR) is 76.1 cm³/mol. The van der Waals surface area contributed by atoms with Gasteiger partial charge >= 0.3 is 0 Å². The first kappa shape index (κ1) is 13.4. The normalized spacial score (nSPS) is 27.4. The maximum Gasteiger partial charge on any atom is 0.234 e. The lowest BCUT2D eigenvalue weighted by atomic mass is 9.95. The van der Waals surface area contributed by atoms with Crippen molar-refractivity contribution in [2.24, 2.45) is 0 Å². The van der Waals surface area contributed by atoms with E-state index in [9.17, 15) is 4.79 Å². The standard InChI is InChI=1S/C15H27N3O/c19-15(16-13-4-2-1-3-5-13)12-17-8-10-18(11-9-17)14-6-7-14/h13-14H,1-12H2,(H,16,19). The van der Waals surface area contributed by atoms with Gasteiger partial charge in [-0.25, -0.2) is 0 Å². The van der Waals surface area contributed by atoms with Crippen LogP contribution < -0.4 is 5.32 Å². The van der Waals surface area contributed by atoms with Crippen molar-refractivity contribution in [3.05, 3.63) is 0 Å². The van der Waals surface area contributed by atoms with Crippen molar-refractivity contribution in [2.45, 2.75) is 57.0 Å². The summed E-state index contributed by atoms with van der Waals surface area (Å²) in [5, 5.41) is 3.22. The van der Waals surface area contributed by atoms with Gasteiger partial charge in [0.1, 0.15) is 0 Å². The fourth-order valence-electron chi connectivity index (χ4n) is 3.45. The first-order chi connectivity index (χ1) is 9.31. The molecule has 0 radical (unpaired) electrons. The van der Waals surface area contributed by atoms with E-state index < -0.39 is 0 Å². The van der Waals surface area contributed by atoms with Crippen molar-refractivity contribution in [1.82, 2.24) is 15.1 Å². The third kappa shape index (κ3) is 3.93. The van der Waals surface area contributed by atoms with Crippen molar-refractivity contribution in [3.8, 4) is 0 Å². The van der Waals surface area contributed by atoms with E-state index in [1.165, 1.54) is 44.9 Å². The molecule has 1 amide bonds. The number of piperazine rings is 1. The highest BCUT2D eigenvalue weighted by molar-refractivity contribution is 5.78. The zero-order valence-corrected chi connectivity index (χ0v) is 11.9. The van der Waals surface area contributed by atoms with Crippen LogP contribution in [0.15, 0.2) is 0 Å². The molecule has 1 aliphatic heterocycles. The third-order valence-electron chi connectivity index (χ3n) is 4.81. The Morgan fingerprint density at radius 3 is 2.26 bits per heavy atom. The number of rotatable bonds is 4. The summed E-state index contributed by atoms with van der Waals surface area (Å²) in [6.45, 7) is 5.04. The van der Waals surface area contributed by atoms with E-state index in [-0.39, 0.29) is 5.91 Å². The molecule has 2 saturated carbocycles. The minimum absolute atomic E-state index is 0.242. The molecule has 4 nitrogen and oxygen atoms in total. The van der Waals surface area contributed by atoms with E-state index in [2.05, 4.69) is 15.1 Å². The van der Waals surface area contributed by atoms with Crippen LogP contribution in [0.1, 0.15) is 44.9 Å². The van der Waals surface area contributed by atoms with Crippen LogP contribution in [0.25, 0.3) is 0 Å². The van der Waals surface area contributed by atoms with Crippen LogP contribution in [0.3, 0.4) is 0 Å². The molecule has 3 aliphatic rings. The molecule has 108 valence electrons. The van der Waals surface area contributed by atoms with Crippen LogP contribution >= 0.6 is 0 Å². The number of carbonyl (C=O) groups is 1. The zero-order valence-electron chi connectivity index (χ0n) is 11.9. The Morgan fingerprint density at radius 2 is 1.63 bits per heavy atom. The second-order valence-corrected chi connectivity index (χ2v) is 6.45. The van der Waals surface area contributed by atoms with Crippen LogP contribution in [0, 0.1) is 0 Å². The summed E-state index contributed by atoms with van der Waals surface area (Å²) in [5.74, 6) is 0.242. The van der Waals surface area contributed by atoms with E-state index >= 15 is 0 Å². The molecule has 0 unspecified atom stereocenters. The highest BCUT2D eigenvalue weighted by atomic mass is 16.2. The predicted octanol–water partition coefficient (Wildman–Crippen LogP) is 1.22. The largest absolute Gasteiger partial charge is 0.352 e. The molecule has 1 heterocycles. The highest BCUT2D eigenvalue weighted by Crippen LogP contribution is 2.27.